The van der Waals surface area contributed by atoms with Crippen LogP contribution in [0.15, 0.2) is 24.3 Å². The van der Waals surface area contributed by atoms with Crippen molar-refractivity contribution < 1.29 is 49.2 Å². The molecule has 0 saturated heterocycles. The van der Waals surface area contributed by atoms with Gasteiger partial charge in [-0.15, -0.1) is 0 Å². The van der Waals surface area contributed by atoms with Gasteiger partial charge in [0.2, 0.25) is 17.7 Å². The van der Waals surface area contributed by atoms with Gasteiger partial charge in [-0.3, -0.25) is 24.0 Å². The van der Waals surface area contributed by atoms with Crippen LogP contribution < -0.4 is 21.7 Å². The number of nitrogens with one attached hydrogen (secondary N) is 3. The van der Waals surface area contributed by atoms with Crippen molar-refractivity contribution in [3.05, 3.63) is 29.8 Å². The fourth-order valence-electron chi connectivity index (χ4n) is 3.34. The molecule has 1 aromatic rings. The van der Waals surface area contributed by atoms with Gasteiger partial charge in [-0.2, -0.15) is 11.8 Å². The van der Waals surface area contributed by atoms with Crippen LogP contribution in [0.2, 0.25) is 0 Å². The van der Waals surface area contributed by atoms with E-state index in [0.717, 1.165) is 0 Å². The number of aliphatic carboxylic acids is 3. The predicted molar refractivity (Wildman–Crippen MR) is 140 cm³/mol. The molecular weight excluding hydrogens is 536 g/mol. The zero-order valence-corrected chi connectivity index (χ0v) is 22.1. The van der Waals surface area contributed by atoms with Crippen LogP contribution in [0.25, 0.3) is 0 Å². The molecule has 1 aromatic carbocycles. The number of phenols is 1. The number of nitrogens with two attached hydrogens (primary N) is 1. The molecule has 0 saturated carbocycles. The number of carbonyl (C=O) groups excluding carboxylic acids is 3. The zero-order valence-electron chi connectivity index (χ0n) is 21.3. The molecule has 0 radical (unpaired) electrons. The van der Waals surface area contributed by atoms with E-state index in [1.165, 1.54) is 36.0 Å². The molecule has 4 atom stereocenters. The fraction of sp³-hybridized carbons (Fsp3) is 0.500. The van der Waals surface area contributed by atoms with Crippen LogP contribution in [0, 0.1) is 0 Å². The highest BCUT2D eigenvalue weighted by molar-refractivity contribution is 7.98. The lowest BCUT2D eigenvalue weighted by atomic mass is 10.0. The number of amides is 3. The molecule has 3 amide bonds. The Morgan fingerprint density at radius 2 is 1.26 bits per heavy atom. The van der Waals surface area contributed by atoms with E-state index in [1.807, 2.05) is 0 Å². The van der Waals surface area contributed by atoms with Gasteiger partial charge in [0.1, 0.15) is 23.9 Å². The summed E-state index contributed by atoms with van der Waals surface area (Å²) in [5, 5.41) is 44.0. The summed E-state index contributed by atoms with van der Waals surface area (Å²) in [4.78, 5) is 72.0. The zero-order chi connectivity index (χ0) is 29.5. The van der Waals surface area contributed by atoms with Crippen molar-refractivity contribution in [3.8, 4) is 5.75 Å². The van der Waals surface area contributed by atoms with E-state index in [1.54, 1.807) is 6.26 Å². The van der Waals surface area contributed by atoms with E-state index in [4.69, 9.17) is 15.9 Å². The van der Waals surface area contributed by atoms with Crippen LogP contribution in [0.3, 0.4) is 0 Å². The molecular formula is C24H34N4O10S. The summed E-state index contributed by atoms with van der Waals surface area (Å²) in [6.07, 6.45) is 0.303. The number of carbonyl (C=O) groups is 6. The second-order valence-corrected chi connectivity index (χ2v) is 9.63. The highest BCUT2D eigenvalue weighted by Crippen LogP contribution is 2.12. The molecule has 0 aromatic heterocycles. The van der Waals surface area contributed by atoms with Crippen molar-refractivity contribution in [1.82, 2.24) is 16.0 Å². The maximum atomic E-state index is 13.0. The van der Waals surface area contributed by atoms with Crippen molar-refractivity contribution in [1.29, 1.82) is 0 Å². The lowest BCUT2D eigenvalue weighted by Gasteiger charge is -2.25. The minimum Gasteiger partial charge on any atom is -0.508 e. The number of benzene rings is 1. The highest BCUT2D eigenvalue weighted by Gasteiger charge is 2.30. The maximum Gasteiger partial charge on any atom is 0.326 e. The first-order chi connectivity index (χ1) is 18.3. The Balaban J connectivity index is 3.01. The Hall–Kier alpha value is -3.85. The van der Waals surface area contributed by atoms with Crippen molar-refractivity contribution in [3.63, 3.8) is 0 Å². The van der Waals surface area contributed by atoms with Crippen molar-refractivity contribution in [2.24, 2.45) is 5.73 Å². The van der Waals surface area contributed by atoms with Crippen LogP contribution >= 0.6 is 11.8 Å². The summed E-state index contributed by atoms with van der Waals surface area (Å²) in [6, 6.07) is 0.507. The average Bonchev–Trinajstić information content (AvgIpc) is 2.87. The number of aromatic hydroxyl groups is 1. The van der Waals surface area contributed by atoms with Gasteiger partial charge in [0.15, 0.2) is 0 Å². The molecule has 9 N–H and O–H groups in total. The molecule has 1 rings (SSSR count). The second kappa shape index (κ2) is 16.9. The van der Waals surface area contributed by atoms with E-state index in [2.05, 4.69) is 16.0 Å². The van der Waals surface area contributed by atoms with Gasteiger partial charge in [-0.05, 0) is 49.0 Å². The first-order valence-electron chi connectivity index (χ1n) is 11.9. The standard InChI is InChI=1S/C24H34N4O10S/c1-39-11-10-17(23(36)28-18(24(37)38)12-13-2-4-14(29)5-3-13)27-22(35)16(7-9-20(32)33)26-21(34)15(25)6-8-19(30)31/h2-5,15-18,29H,6-12,25H2,1H3,(H,26,34)(H,27,35)(H,28,36)(H,30,31)(H,32,33)(H,37,38). The Morgan fingerprint density at radius 1 is 0.769 bits per heavy atom. The van der Waals surface area contributed by atoms with Crippen LogP contribution in [0.1, 0.15) is 37.7 Å². The predicted octanol–water partition coefficient (Wildman–Crippen LogP) is -0.716. The van der Waals surface area contributed by atoms with Gasteiger partial charge in [-0.1, -0.05) is 12.1 Å². The monoisotopic (exact) mass is 570 g/mol. The third-order valence-corrected chi connectivity index (χ3v) is 6.16. The first-order valence-corrected chi connectivity index (χ1v) is 13.3. The van der Waals surface area contributed by atoms with Crippen molar-refractivity contribution in [2.75, 3.05) is 12.0 Å². The number of thioether (sulfide) groups is 1. The molecule has 216 valence electrons. The SMILES string of the molecule is CSCCC(NC(=O)C(CCC(=O)O)NC(=O)C(N)CCC(=O)O)C(=O)NC(Cc1ccc(O)cc1)C(=O)O. The summed E-state index contributed by atoms with van der Waals surface area (Å²) in [7, 11) is 0. The van der Waals surface area contributed by atoms with E-state index >= 15 is 0 Å². The molecule has 4 unspecified atom stereocenters. The molecule has 0 aliphatic carbocycles. The summed E-state index contributed by atoms with van der Waals surface area (Å²) in [6.45, 7) is 0. The Labute approximate surface area is 228 Å². The van der Waals surface area contributed by atoms with E-state index in [9.17, 15) is 39.0 Å². The molecule has 0 aliphatic rings. The topological polar surface area (TPSA) is 245 Å². The number of hydrogen-bond donors (Lipinski definition) is 8. The van der Waals surface area contributed by atoms with Crippen molar-refractivity contribution in [2.45, 2.75) is 62.7 Å². The average molecular weight is 571 g/mol. The second-order valence-electron chi connectivity index (χ2n) is 8.65. The lowest BCUT2D eigenvalue weighted by Crippen LogP contribution is -2.57. The molecule has 0 fully saturated rings. The lowest BCUT2D eigenvalue weighted by molar-refractivity contribution is -0.142. The van der Waals surface area contributed by atoms with E-state index in [0.29, 0.717) is 11.3 Å². The normalized spacial score (nSPS) is 13.8. The van der Waals surface area contributed by atoms with Crippen molar-refractivity contribution >= 4 is 47.4 Å². The Kier molecular flexibility index (Phi) is 14.4. The van der Waals surface area contributed by atoms with Gasteiger partial charge >= 0.3 is 17.9 Å². The van der Waals surface area contributed by atoms with Crippen LogP contribution in [-0.4, -0.2) is 92.2 Å². The third-order valence-electron chi connectivity index (χ3n) is 5.52. The molecule has 15 heteroatoms. The Bertz CT molecular complexity index is 1020. The van der Waals surface area contributed by atoms with Crippen LogP contribution in [0.4, 0.5) is 0 Å². The minimum atomic E-state index is -1.40. The number of phenolic OH excluding ortho intramolecular Hbond substituents is 1. The van der Waals surface area contributed by atoms with Gasteiger partial charge in [-0.25, -0.2) is 4.79 Å². The van der Waals surface area contributed by atoms with Gasteiger partial charge in [0, 0.05) is 19.3 Å². The maximum absolute atomic E-state index is 13.0. The molecule has 0 heterocycles. The third kappa shape index (κ3) is 13.0. The highest BCUT2D eigenvalue weighted by atomic mass is 32.2. The summed E-state index contributed by atoms with van der Waals surface area (Å²) < 4.78 is 0. The number of rotatable bonds is 18. The first kappa shape index (κ1) is 33.2. The van der Waals surface area contributed by atoms with Gasteiger partial charge in [0.05, 0.1) is 6.04 Å². The summed E-state index contributed by atoms with van der Waals surface area (Å²) >= 11 is 1.37. The molecule has 39 heavy (non-hydrogen) atoms. The van der Waals surface area contributed by atoms with Crippen LogP contribution in [-0.2, 0) is 35.2 Å². The number of hydrogen-bond acceptors (Lipinski definition) is 9. The molecule has 14 nitrogen and oxygen atoms in total. The largest absolute Gasteiger partial charge is 0.508 e. The molecule has 0 aliphatic heterocycles. The number of carboxylic acid groups (broad SMARTS) is 3. The fourth-order valence-corrected chi connectivity index (χ4v) is 3.81. The van der Waals surface area contributed by atoms with E-state index in [-0.39, 0.29) is 31.4 Å². The van der Waals surface area contributed by atoms with Crippen LogP contribution in [0.5, 0.6) is 5.75 Å². The Morgan fingerprint density at radius 3 is 1.77 bits per heavy atom. The summed E-state index contributed by atoms with van der Waals surface area (Å²) in [5.74, 6) is -5.91. The van der Waals surface area contributed by atoms with Gasteiger partial charge in [0.25, 0.3) is 0 Å². The van der Waals surface area contributed by atoms with E-state index < -0.39 is 72.6 Å². The smallest absolute Gasteiger partial charge is 0.326 e. The molecule has 0 spiro atoms. The number of carboxylic acids is 3. The van der Waals surface area contributed by atoms with Gasteiger partial charge < -0.3 is 42.1 Å². The quantitative estimate of drug-likeness (QED) is 0.109. The minimum absolute atomic E-state index is 0.0121. The molecule has 0 bridgehead atoms. The summed E-state index contributed by atoms with van der Waals surface area (Å²) in [5.41, 5.74) is 6.21.